The van der Waals surface area contributed by atoms with Crippen molar-refractivity contribution in [1.82, 2.24) is 5.32 Å². The number of amidine groups is 1. The summed E-state index contributed by atoms with van der Waals surface area (Å²) in [7, 11) is 0. The molecule has 1 aliphatic carbocycles. The van der Waals surface area contributed by atoms with Gasteiger partial charge in [-0.3, -0.25) is 9.79 Å². The molecule has 16 heavy (non-hydrogen) atoms. The van der Waals surface area contributed by atoms with Crippen LogP contribution in [0, 0.1) is 5.92 Å². The van der Waals surface area contributed by atoms with Crippen LogP contribution in [-0.2, 0) is 4.79 Å². The Kier molecular flexibility index (Phi) is 5.26. The molecule has 0 aromatic carbocycles. The molecule has 0 radical (unpaired) electrons. The molecule has 4 heteroatoms. The maximum absolute atomic E-state index is 11.7. The van der Waals surface area contributed by atoms with Crippen LogP contribution in [0.25, 0.3) is 0 Å². The van der Waals surface area contributed by atoms with Gasteiger partial charge in [-0.15, -0.1) is 12.4 Å². The van der Waals surface area contributed by atoms with Crippen molar-refractivity contribution in [1.29, 1.82) is 0 Å². The van der Waals surface area contributed by atoms with Gasteiger partial charge in [0.05, 0.1) is 0 Å². The highest BCUT2D eigenvalue weighted by Gasteiger charge is 2.34. The third-order valence-electron chi connectivity index (χ3n) is 3.44. The fourth-order valence-electron chi connectivity index (χ4n) is 2.54. The largest absolute Gasteiger partial charge is 0.313 e. The van der Waals surface area contributed by atoms with E-state index in [1.165, 1.54) is 25.7 Å². The molecule has 1 saturated carbocycles. The van der Waals surface area contributed by atoms with E-state index in [4.69, 9.17) is 0 Å². The van der Waals surface area contributed by atoms with E-state index in [1.54, 1.807) is 0 Å². The highest BCUT2D eigenvalue weighted by molar-refractivity contribution is 6.05. The van der Waals surface area contributed by atoms with Gasteiger partial charge in [-0.25, -0.2) is 0 Å². The Morgan fingerprint density at radius 2 is 2.06 bits per heavy atom. The standard InChI is InChI=1S/C12H20N2O.ClH/c1-2-3-8-10-13-11(12(15)14-10)9-6-4-5-7-9;/h9,11H,2-8H2,1H3,(H,13,14,15);1H. The maximum atomic E-state index is 11.7. The predicted octanol–water partition coefficient (Wildman–Crippen LogP) is 2.69. The SMILES string of the molecule is CCCCC1=NC(C2CCCC2)C(=O)N1.Cl. The number of carbonyl (C=O) groups excluding carboxylic acids is 1. The molecule has 2 rings (SSSR count). The molecule has 0 bridgehead atoms. The Balaban J connectivity index is 0.00000128. The van der Waals surface area contributed by atoms with Crippen LogP contribution in [0.3, 0.4) is 0 Å². The molecule has 1 fully saturated rings. The van der Waals surface area contributed by atoms with Crippen molar-refractivity contribution in [3.63, 3.8) is 0 Å². The lowest BCUT2D eigenvalue weighted by molar-refractivity contribution is -0.121. The third kappa shape index (κ3) is 2.97. The average Bonchev–Trinajstić information content (AvgIpc) is 2.83. The number of amides is 1. The summed E-state index contributed by atoms with van der Waals surface area (Å²) in [6.07, 6.45) is 8.12. The summed E-state index contributed by atoms with van der Waals surface area (Å²) in [6.45, 7) is 2.16. The van der Waals surface area contributed by atoms with E-state index in [-0.39, 0.29) is 24.4 Å². The zero-order valence-corrected chi connectivity index (χ0v) is 10.7. The molecule has 1 unspecified atom stereocenters. The Labute approximate surface area is 104 Å². The summed E-state index contributed by atoms with van der Waals surface area (Å²) in [5.74, 6) is 1.59. The zero-order valence-electron chi connectivity index (χ0n) is 9.87. The molecule has 0 saturated heterocycles. The van der Waals surface area contributed by atoms with Crippen molar-refractivity contribution >= 4 is 24.1 Å². The highest BCUT2D eigenvalue weighted by atomic mass is 35.5. The van der Waals surface area contributed by atoms with Gasteiger partial charge >= 0.3 is 0 Å². The molecule has 1 heterocycles. The van der Waals surface area contributed by atoms with E-state index in [0.717, 1.165) is 25.1 Å². The first kappa shape index (κ1) is 13.5. The van der Waals surface area contributed by atoms with Crippen LogP contribution < -0.4 is 5.32 Å². The molecule has 1 N–H and O–H groups in total. The number of carbonyl (C=O) groups is 1. The molecule has 0 aromatic rings. The highest BCUT2D eigenvalue weighted by Crippen LogP contribution is 2.30. The molecule has 0 aromatic heterocycles. The molecule has 1 atom stereocenters. The number of hydrogen-bond acceptors (Lipinski definition) is 2. The van der Waals surface area contributed by atoms with Crippen LogP contribution in [0.2, 0.25) is 0 Å². The minimum Gasteiger partial charge on any atom is -0.313 e. The smallest absolute Gasteiger partial charge is 0.250 e. The van der Waals surface area contributed by atoms with E-state index >= 15 is 0 Å². The molecule has 1 aliphatic heterocycles. The van der Waals surface area contributed by atoms with Crippen LogP contribution in [0.4, 0.5) is 0 Å². The van der Waals surface area contributed by atoms with Gasteiger partial charge in [0.25, 0.3) is 0 Å². The van der Waals surface area contributed by atoms with Gasteiger partial charge in [0.15, 0.2) is 0 Å². The number of nitrogens with zero attached hydrogens (tertiary/aromatic N) is 1. The Morgan fingerprint density at radius 3 is 2.69 bits per heavy atom. The van der Waals surface area contributed by atoms with Crippen molar-refractivity contribution in [2.75, 3.05) is 0 Å². The van der Waals surface area contributed by atoms with Crippen LogP contribution in [0.5, 0.6) is 0 Å². The predicted molar refractivity (Wildman–Crippen MR) is 68.1 cm³/mol. The first-order valence-electron chi connectivity index (χ1n) is 6.19. The summed E-state index contributed by atoms with van der Waals surface area (Å²) in [6, 6.07) is -0.0562. The number of rotatable bonds is 4. The molecular formula is C12H21ClN2O. The first-order valence-corrected chi connectivity index (χ1v) is 6.19. The molecule has 2 aliphatic rings. The van der Waals surface area contributed by atoms with Crippen LogP contribution in [0.1, 0.15) is 51.9 Å². The minimum absolute atomic E-state index is 0. The fraction of sp³-hybridized carbons (Fsp3) is 0.833. The molecular weight excluding hydrogens is 224 g/mol. The monoisotopic (exact) mass is 244 g/mol. The van der Waals surface area contributed by atoms with Gasteiger partial charge < -0.3 is 5.32 Å². The second-order valence-corrected chi connectivity index (χ2v) is 4.66. The lowest BCUT2D eigenvalue weighted by atomic mass is 9.99. The lowest BCUT2D eigenvalue weighted by Crippen LogP contribution is -2.32. The Morgan fingerprint density at radius 1 is 1.38 bits per heavy atom. The fourth-order valence-corrected chi connectivity index (χ4v) is 2.54. The first-order chi connectivity index (χ1) is 7.31. The molecule has 1 amide bonds. The number of aliphatic imine (C=N–C) groups is 1. The Bertz CT molecular complexity index is 272. The van der Waals surface area contributed by atoms with E-state index in [9.17, 15) is 4.79 Å². The van der Waals surface area contributed by atoms with Crippen molar-refractivity contribution in [3.8, 4) is 0 Å². The van der Waals surface area contributed by atoms with Crippen molar-refractivity contribution in [2.45, 2.75) is 57.9 Å². The topological polar surface area (TPSA) is 41.5 Å². The average molecular weight is 245 g/mol. The second kappa shape index (κ2) is 6.24. The lowest BCUT2D eigenvalue weighted by Gasteiger charge is -2.11. The number of hydrogen-bond donors (Lipinski definition) is 1. The van der Waals surface area contributed by atoms with E-state index in [2.05, 4.69) is 17.2 Å². The quantitative estimate of drug-likeness (QED) is 0.812. The van der Waals surface area contributed by atoms with Gasteiger partial charge in [-0.05, 0) is 25.2 Å². The van der Waals surface area contributed by atoms with Gasteiger partial charge in [0.2, 0.25) is 5.91 Å². The number of halogens is 1. The van der Waals surface area contributed by atoms with Gasteiger partial charge in [0, 0.05) is 6.42 Å². The van der Waals surface area contributed by atoms with Crippen molar-refractivity contribution in [3.05, 3.63) is 0 Å². The summed E-state index contributed by atoms with van der Waals surface area (Å²) >= 11 is 0. The number of unbranched alkanes of at least 4 members (excludes halogenated alkanes) is 1. The summed E-state index contributed by atoms with van der Waals surface area (Å²) in [4.78, 5) is 16.3. The third-order valence-corrected chi connectivity index (χ3v) is 3.44. The Hall–Kier alpha value is -0.570. The van der Waals surface area contributed by atoms with Gasteiger partial charge in [-0.2, -0.15) is 0 Å². The minimum atomic E-state index is -0.0562. The molecule has 92 valence electrons. The van der Waals surface area contributed by atoms with Crippen LogP contribution >= 0.6 is 12.4 Å². The van der Waals surface area contributed by atoms with Crippen LogP contribution in [-0.4, -0.2) is 17.8 Å². The van der Waals surface area contributed by atoms with Gasteiger partial charge in [-0.1, -0.05) is 26.2 Å². The molecule has 3 nitrogen and oxygen atoms in total. The maximum Gasteiger partial charge on any atom is 0.250 e. The van der Waals surface area contributed by atoms with Crippen LogP contribution in [0.15, 0.2) is 4.99 Å². The summed E-state index contributed by atoms with van der Waals surface area (Å²) in [5.41, 5.74) is 0. The van der Waals surface area contributed by atoms with E-state index in [0.29, 0.717) is 5.92 Å². The molecule has 0 spiro atoms. The summed E-state index contributed by atoms with van der Waals surface area (Å²) < 4.78 is 0. The zero-order chi connectivity index (χ0) is 10.7. The number of nitrogens with one attached hydrogen (secondary N) is 1. The van der Waals surface area contributed by atoms with Gasteiger partial charge in [0.1, 0.15) is 11.9 Å². The van der Waals surface area contributed by atoms with E-state index < -0.39 is 0 Å². The second-order valence-electron chi connectivity index (χ2n) is 4.66. The van der Waals surface area contributed by atoms with Crippen molar-refractivity contribution < 1.29 is 4.79 Å². The normalized spacial score (nSPS) is 25.2. The van der Waals surface area contributed by atoms with Crippen molar-refractivity contribution in [2.24, 2.45) is 10.9 Å². The van der Waals surface area contributed by atoms with E-state index in [1.807, 2.05) is 0 Å². The summed E-state index contributed by atoms with van der Waals surface area (Å²) in [5, 5.41) is 2.93.